The Morgan fingerprint density at radius 1 is 1.33 bits per heavy atom. The first-order valence-electron chi connectivity index (χ1n) is 8.84. The Labute approximate surface area is 142 Å². The van der Waals surface area contributed by atoms with Crippen LogP contribution < -0.4 is 0 Å². The van der Waals surface area contributed by atoms with Crippen molar-refractivity contribution in [3.05, 3.63) is 35.3 Å². The van der Waals surface area contributed by atoms with Crippen molar-refractivity contribution in [2.45, 2.75) is 59.0 Å². The van der Waals surface area contributed by atoms with E-state index in [0.29, 0.717) is 17.9 Å². The molecule has 2 bridgehead atoms. The van der Waals surface area contributed by atoms with Crippen molar-refractivity contribution in [3.63, 3.8) is 0 Å². The number of hydrogen-bond donors (Lipinski definition) is 0. The van der Waals surface area contributed by atoms with Crippen LogP contribution in [0.5, 0.6) is 0 Å². The summed E-state index contributed by atoms with van der Waals surface area (Å²) in [4.78, 5) is 25.1. The SMILES string of the molecule is C[C@@H]1CCC2=C(C[C@H]3C[C@]2(C)C(=O)O3)[C@@]1(C)CC(=O)c1ccoc1. The molecule has 2 heterocycles. The average Bonchev–Trinajstić information content (AvgIpc) is 3.12. The van der Waals surface area contributed by atoms with E-state index in [4.69, 9.17) is 9.15 Å². The van der Waals surface area contributed by atoms with Crippen LogP contribution in [0, 0.1) is 16.7 Å². The zero-order valence-corrected chi connectivity index (χ0v) is 14.6. The number of fused-ring (bicyclic) bond motifs is 3. The molecule has 128 valence electrons. The van der Waals surface area contributed by atoms with Gasteiger partial charge in [0.05, 0.1) is 17.2 Å². The molecule has 0 amide bonds. The van der Waals surface area contributed by atoms with Crippen LogP contribution in [0.25, 0.3) is 0 Å². The molecular weight excluding hydrogens is 304 g/mol. The van der Waals surface area contributed by atoms with Gasteiger partial charge in [0.2, 0.25) is 0 Å². The number of rotatable bonds is 3. The van der Waals surface area contributed by atoms with Gasteiger partial charge in [-0.3, -0.25) is 9.59 Å². The lowest BCUT2D eigenvalue weighted by Gasteiger charge is -2.47. The number of esters is 1. The van der Waals surface area contributed by atoms with Gasteiger partial charge in [-0.05, 0) is 37.2 Å². The smallest absolute Gasteiger partial charge is 0.316 e. The Kier molecular flexibility index (Phi) is 3.32. The van der Waals surface area contributed by atoms with Crippen LogP contribution in [0.1, 0.15) is 63.2 Å². The summed E-state index contributed by atoms with van der Waals surface area (Å²) < 4.78 is 10.7. The minimum absolute atomic E-state index is 0.0186. The molecule has 0 aromatic carbocycles. The Bertz CT molecular complexity index is 729. The van der Waals surface area contributed by atoms with E-state index in [9.17, 15) is 9.59 Å². The van der Waals surface area contributed by atoms with E-state index >= 15 is 0 Å². The van der Waals surface area contributed by atoms with Crippen molar-refractivity contribution in [2.24, 2.45) is 16.7 Å². The summed E-state index contributed by atoms with van der Waals surface area (Å²) in [6.45, 7) is 6.45. The lowest BCUT2D eigenvalue weighted by molar-refractivity contribution is -0.146. The van der Waals surface area contributed by atoms with Crippen molar-refractivity contribution in [1.29, 1.82) is 0 Å². The molecule has 4 atom stereocenters. The maximum atomic E-state index is 12.7. The summed E-state index contributed by atoms with van der Waals surface area (Å²) in [5.41, 5.74) is 2.51. The first-order valence-corrected chi connectivity index (χ1v) is 8.84. The molecule has 1 aromatic rings. The second kappa shape index (κ2) is 5.08. The maximum absolute atomic E-state index is 12.7. The molecule has 1 aliphatic heterocycles. The largest absolute Gasteiger partial charge is 0.472 e. The number of carbonyl (C=O) groups excluding carboxylic acids is 2. The number of Topliss-reactive ketones (excluding diaryl/α,β-unsaturated/α-hetero) is 1. The molecule has 4 rings (SSSR count). The predicted octanol–water partition coefficient (Wildman–Crippen LogP) is 4.31. The van der Waals surface area contributed by atoms with E-state index in [1.807, 2.05) is 6.92 Å². The minimum Gasteiger partial charge on any atom is -0.472 e. The lowest BCUT2D eigenvalue weighted by atomic mass is 9.55. The highest BCUT2D eigenvalue weighted by molar-refractivity contribution is 5.96. The standard InChI is InChI=1S/C20H24O4/c1-12-4-5-15-16(8-14-9-20(15,3)18(22)24-14)19(12,2)10-17(21)13-6-7-23-11-13/h6-7,11-12,14H,4-5,8-10H2,1-3H3/t12-,14+,19+,20+/m1/s1. The Balaban J connectivity index is 1.75. The third-order valence-corrected chi connectivity index (χ3v) is 6.80. The predicted molar refractivity (Wildman–Crippen MR) is 88.4 cm³/mol. The van der Waals surface area contributed by atoms with Crippen molar-refractivity contribution >= 4 is 11.8 Å². The number of ether oxygens (including phenoxy) is 1. The third kappa shape index (κ3) is 2.04. The van der Waals surface area contributed by atoms with Crippen LogP contribution in [0.2, 0.25) is 0 Å². The van der Waals surface area contributed by atoms with Crippen LogP contribution in [-0.2, 0) is 9.53 Å². The molecule has 4 heteroatoms. The van der Waals surface area contributed by atoms with E-state index in [2.05, 4.69) is 13.8 Å². The second-order valence-electron chi connectivity index (χ2n) is 8.19. The second-order valence-corrected chi connectivity index (χ2v) is 8.19. The molecule has 4 nitrogen and oxygen atoms in total. The summed E-state index contributed by atoms with van der Waals surface area (Å²) in [7, 11) is 0. The molecule has 3 aliphatic rings. The van der Waals surface area contributed by atoms with Gasteiger partial charge >= 0.3 is 5.97 Å². The molecule has 1 saturated heterocycles. The van der Waals surface area contributed by atoms with Crippen molar-refractivity contribution in [3.8, 4) is 0 Å². The fourth-order valence-electron chi connectivity index (χ4n) is 5.03. The molecular formula is C20H24O4. The number of hydrogen-bond acceptors (Lipinski definition) is 4. The highest BCUT2D eigenvalue weighted by Gasteiger charge is 2.56. The van der Waals surface area contributed by atoms with Crippen molar-refractivity contribution in [1.82, 2.24) is 0 Å². The molecule has 0 N–H and O–H groups in total. The van der Waals surface area contributed by atoms with Crippen LogP contribution in [0.15, 0.2) is 34.2 Å². The molecule has 24 heavy (non-hydrogen) atoms. The maximum Gasteiger partial charge on any atom is 0.316 e. The number of furan rings is 1. The third-order valence-electron chi connectivity index (χ3n) is 6.80. The van der Waals surface area contributed by atoms with Gasteiger partial charge in [0, 0.05) is 19.3 Å². The van der Waals surface area contributed by atoms with Gasteiger partial charge in [-0.15, -0.1) is 0 Å². The Morgan fingerprint density at radius 2 is 2.12 bits per heavy atom. The first-order chi connectivity index (χ1) is 11.3. The summed E-state index contributed by atoms with van der Waals surface area (Å²) in [5.74, 6) is 0.445. The van der Waals surface area contributed by atoms with Crippen molar-refractivity contribution in [2.75, 3.05) is 0 Å². The van der Waals surface area contributed by atoms with Crippen LogP contribution in [0.4, 0.5) is 0 Å². The van der Waals surface area contributed by atoms with Crippen LogP contribution in [-0.4, -0.2) is 17.9 Å². The summed E-state index contributed by atoms with van der Waals surface area (Å²) in [5, 5.41) is 0. The van der Waals surface area contributed by atoms with Gasteiger partial charge in [0.25, 0.3) is 0 Å². The first kappa shape index (κ1) is 15.7. The molecule has 0 radical (unpaired) electrons. The van der Waals surface area contributed by atoms with Gasteiger partial charge in [-0.2, -0.15) is 0 Å². The van der Waals surface area contributed by atoms with E-state index in [0.717, 1.165) is 25.7 Å². The summed E-state index contributed by atoms with van der Waals surface area (Å²) >= 11 is 0. The monoisotopic (exact) mass is 328 g/mol. The van der Waals surface area contributed by atoms with E-state index < -0.39 is 5.41 Å². The zero-order chi connectivity index (χ0) is 17.1. The van der Waals surface area contributed by atoms with E-state index in [1.54, 1.807) is 12.3 Å². The van der Waals surface area contributed by atoms with Crippen LogP contribution >= 0.6 is 0 Å². The summed E-state index contributed by atoms with van der Waals surface area (Å²) in [6, 6.07) is 1.73. The normalized spacial score (nSPS) is 38.0. The number of ketones is 1. The summed E-state index contributed by atoms with van der Waals surface area (Å²) in [6.07, 6.45) is 7.05. The highest BCUT2D eigenvalue weighted by Crippen LogP contribution is 2.59. The van der Waals surface area contributed by atoms with Gasteiger partial charge in [-0.1, -0.05) is 25.0 Å². The number of carbonyl (C=O) groups is 2. The molecule has 1 fully saturated rings. The molecule has 1 aromatic heterocycles. The Morgan fingerprint density at radius 3 is 2.83 bits per heavy atom. The topological polar surface area (TPSA) is 56.5 Å². The molecule has 0 spiro atoms. The van der Waals surface area contributed by atoms with E-state index in [1.165, 1.54) is 17.4 Å². The molecule has 0 saturated carbocycles. The zero-order valence-electron chi connectivity index (χ0n) is 14.6. The van der Waals surface area contributed by atoms with Gasteiger partial charge in [0.1, 0.15) is 12.4 Å². The van der Waals surface area contributed by atoms with Gasteiger partial charge < -0.3 is 9.15 Å². The highest BCUT2D eigenvalue weighted by atomic mass is 16.6. The fraction of sp³-hybridized carbons (Fsp3) is 0.600. The van der Waals surface area contributed by atoms with Crippen molar-refractivity contribution < 1.29 is 18.7 Å². The Hall–Kier alpha value is -1.84. The molecule has 0 unspecified atom stereocenters. The fourth-order valence-corrected chi connectivity index (χ4v) is 5.03. The van der Waals surface area contributed by atoms with E-state index in [-0.39, 0.29) is 23.3 Å². The average molecular weight is 328 g/mol. The molecule has 2 aliphatic carbocycles. The minimum atomic E-state index is -0.474. The van der Waals surface area contributed by atoms with Crippen LogP contribution in [0.3, 0.4) is 0 Å². The van der Waals surface area contributed by atoms with Gasteiger partial charge in [0.15, 0.2) is 5.78 Å². The quantitative estimate of drug-likeness (QED) is 0.471. The lowest BCUT2D eigenvalue weighted by Crippen LogP contribution is -2.41. The van der Waals surface area contributed by atoms with Gasteiger partial charge in [-0.25, -0.2) is 0 Å².